The number of carbonyl (C=O) groups excluding carboxylic acids is 4. The monoisotopic (exact) mass is 845 g/mol. The SMILES string of the molecule is CC[C@H]1OC(=O)[C@@](C)(F)C(=O)[C@H](C)[C@@H](O[C@@H]2O[C@H](C)C[C@H](N(C)C)[C@H]2O)[C@@](C)(OC)C[C@@H](C)C(=O)[C@H](C)[C@H]2N(CCCC(C)(C)n3cnc4cccnc43)C(=O)O[C@]12CC. The quantitative estimate of drug-likeness (QED) is 0.218. The molecule has 0 saturated carbocycles. The topological polar surface area (TPSA) is 172 Å². The Morgan fingerprint density at radius 2 is 1.75 bits per heavy atom. The largest absolute Gasteiger partial charge is 0.455 e. The number of ketones is 2. The fourth-order valence-corrected chi connectivity index (χ4v) is 10.1. The number of likely N-dealkylation sites (N-methyl/N-ethyl adjacent to an activating group) is 1. The van der Waals surface area contributed by atoms with Crippen LogP contribution in [0.3, 0.4) is 0 Å². The standard InChI is InChI=1S/C44H68FN5O10/c1-14-31-44(15-2)34(49(40(55)60-44)21-17-19-41(7,8)50-24-47-29-18-16-20-46-37(29)50)27(5)32(51)25(3)23-42(9,56-13)36(28(6)35(53)43(10,45)39(54)58-31)59-38-33(52)30(48(11)12)22-26(4)57-38/h16,18,20,24-28,30-31,33-34,36,38,52H,14-15,17,19,21-23H2,1-13H3/t25-,26-,27+,28+,30+,31-,33-,34-,36-,38+,42+,43+,44-/m1/s1. The van der Waals surface area contributed by atoms with Gasteiger partial charge in [-0.3, -0.25) is 9.59 Å². The molecule has 15 nitrogen and oxygen atoms in total. The molecule has 5 heterocycles. The van der Waals surface area contributed by atoms with Gasteiger partial charge in [-0.05, 0) is 99.4 Å². The van der Waals surface area contributed by atoms with Crippen molar-refractivity contribution < 1.29 is 52.4 Å². The van der Waals surface area contributed by atoms with Crippen molar-refractivity contribution in [1.29, 1.82) is 0 Å². The lowest BCUT2D eigenvalue weighted by Gasteiger charge is -2.47. The first kappa shape index (κ1) is 47.5. The second kappa shape index (κ2) is 18.0. The number of aliphatic hydroxyl groups is 1. The third-order valence-corrected chi connectivity index (χ3v) is 13.7. The number of carbonyl (C=O) groups is 4. The van der Waals surface area contributed by atoms with Crippen LogP contribution in [0.2, 0.25) is 0 Å². The average molecular weight is 846 g/mol. The number of alkyl halides is 1. The van der Waals surface area contributed by atoms with E-state index in [-0.39, 0.29) is 43.7 Å². The molecule has 0 unspecified atom stereocenters. The first-order valence-electron chi connectivity index (χ1n) is 21.5. The van der Waals surface area contributed by atoms with E-state index in [4.69, 9.17) is 23.7 Å². The lowest BCUT2D eigenvalue weighted by atomic mass is 9.72. The molecule has 5 rings (SSSR count). The molecule has 3 aliphatic heterocycles. The molecular formula is C44H68FN5O10. The zero-order chi connectivity index (χ0) is 44.7. The van der Waals surface area contributed by atoms with Crippen LogP contribution in [0.1, 0.15) is 108 Å². The Bertz CT molecular complexity index is 1870. The summed E-state index contributed by atoms with van der Waals surface area (Å²) in [5, 5.41) is 11.5. The molecule has 2 aromatic heterocycles. The lowest BCUT2D eigenvalue weighted by molar-refractivity contribution is -0.295. The highest BCUT2D eigenvalue weighted by molar-refractivity contribution is 6.08. The van der Waals surface area contributed by atoms with E-state index in [1.807, 2.05) is 42.6 Å². The van der Waals surface area contributed by atoms with Crippen molar-refractivity contribution in [3.05, 3.63) is 24.7 Å². The van der Waals surface area contributed by atoms with Gasteiger partial charge in [0.2, 0.25) is 0 Å². The number of hydrogen-bond acceptors (Lipinski definition) is 13. The summed E-state index contributed by atoms with van der Waals surface area (Å²) in [5.74, 6) is -5.79. The van der Waals surface area contributed by atoms with E-state index >= 15 is 4.39 Å². The number of imidazole rings is 1. The second-order valence-electron chi connectivity index (χ2n) is 18.6. The van der Waals surface area contributed by atoms with E-state index in [1.165, 1.54) is 14.0 Å². The Labute approximate surface area is 354 Å². The molecule has 0 aliphatic carbocycles. The number of rotatable bonds is 11. The minimum atomic E-state index is -3.18. The van der Waals surface area contributed by atoms with Crippen molar-refractivity contribution in [1.82, 2.24) is 24.3 Å². The molecule has 1 N–H and O–H groups in total. The molecule has 1 amide bonds. The van der Waals surface area contributed by atoms with Gasteiger partial charge in [-0.1, -0.05) is 34.6 Å². The normalized spacial score (nSPS) is 37.6. The molecule has 3 fully saturated rings. The zero-order valence-corrected chi connectivity index (χ0v) is 37.8. The van der Waals surface area contributed by atoms with Crippen molar-refractivity contribution in [2.75, 3.05) is 27.7 Å². The number of fused-ring (bicyclic) bond motifs is 2. The van der Waals surface area contributed by atoms with E-state index < -0.39 is 88.7 Å². The number of halogens is 1. The van der Waals surface area contributed by atoms with Crippen molar-refractivity contribution >= 4 is 34.8 Å². The lowest BCUT2D eigenvalue weighted by Crippen LogP contribution is -2.62. The maximum Gasteiger partial charge on any atom is 0.410 e. The molecule has 2 aromatic rings. The third kappa shape index (κ3) is 8.73. The molecule has 0 radical (unpaired) electrons. The number of nitrogens with zero attached hydrogens (tertiary/aromatic N) is 5. The van der Waals surface area contributed by atoms with Crippen LogP contribution in [0.25, 0.3) is 11.2 Å². The first-order chi connectivity index (χ1) is 28.0. The zero-order valence-electron chi connectivity index (χ0n) is 37.8. The molecule has 336 valence electrons. The molecule has 13 atom stereocenters. The average Bonchev–Trinajstić information content (AvgIpc) is 3.77. The van der Waals surface area contributed by atoms with E-state index in [2.05, 4.69) is 23.8 Å². The predicted octanol–water partition coefficient (Wildman–Crippen LogP) is 5.63. The molecule has 0 spiro atoms. The van der Waals surface area contributed by atoms with Crippen LogP contribution in [0, 0.1) is 17.8 Å². The van der Waals surface area contributed by atoms with Crippen LogP contribution in [0.5, 0.6) is 0 Å². The predicted molar refractivity (Wildman–Crippen MR) is 221 cm³/mol. The third-order valence-electron chi connectivity index (χ3n) is 13.7. The summed E-state index contributed by atoms with van der Waals surface area (Å²) in [4.78, 5) is 69.9. The van der Waals surface area contributed by atoms with Gasteiger partial charge in [0.15, 0.2) is 23.3 Å². The van der Waals surface area contributed by atoms with E-state index in [0.717, 1.165) is 18.1 Å². The number of esters is 1. The smallest absolute Gasteiger partial charge is 0.410 e. The summed E-state index contributed by atoms with van der Waals surface area (Å²) in [6, 6.07) is 2.43. The molecule has 3 saturated heterocycles. The van der Waals surface area contributed by atoms with Crippen LogP contribution in [-0.2, 0) is 43.6 Å². The highest BCUT2D eigenvalue weighted by Crippen LogP contribution is 2.45. The number of Topliss-reactive ketones (excluding diaryl/α,β-unsaturated/α-hetero) is 2. The number of ether oxygens (including phenoxy) is 5. The maximum absolute atomic E-state index is 17.0. The number of methoxy groups -OCH3 is 1. The molecule has 16 heteroatoms. The maximum atomic E-state index is 17.0. The summed E-state index contributed by atoms with van der Waals surface area (Å²) in [5.41, 5.74) is -5.17. The van der Waals surface area contributed by atoms with Gasteiger partial charge in [0.05, 0.1) is 30.2 Å². The summed E-state index contributed by atoms with van der Waals surface area (Å²) >= 11 is 0. The van der Waals surface area contributed by atoms with Crippen molar-refractivity contribution in [3.63, 3.8) is 0 Å². The Balaban J connectivity index is 1.54. The number of aromatic nitrogens is 3. The Kier molecular flexibility index (Phi) is 14.3. The summed E-state index contributed by atoms with van der Waals surface area (Å²) in [7, 11) is 5.06. The highest BCUT2D eigenvalue weighted by atomic mass is 19.1. The number of cyclic esters (lactones) is 1. The van der Waals surface area contributed by atoms with Crippen molar-refractivity contribution in [2.24, 2.45) is 17.8 Å². The molecular weight excluding hydrogens is 778 g/mol. The van der Waals surface area contributed by atoms with Gasteiger partial charge >= 0.3 is 12.1 Å². The van der Waals surface area contributed by atoms with E-state index in [1.54, 1.807) is 52.0 Å². The van der Waals surface area contributed by atoms with Crippen LogP contribution < -0.4 is 0 Å². The number of amides is 1. The van der Waals surface area contributed by atoms with Gasteiger partial charge < -0.3 is 43.2 Å². The fourth-order valence-electron chi connectivity index (χ4n) is 10.1. The molecule has 60 heavy (non-hydrogen) atoms. The van der Waals surface area contributed by atoms with Crippen molar-refractivity contribution in [3.8, 4) is 0 Å². The van der Waals surface area contributed by atoms with Gasteiger partial charge in [-0.25, -0.2) is 23.9 Å². The summed E-state index contributed by atoms with van der Waals surface area (Å²) in [6.07, 6.45) is -0.678. The van der Waals surface area contributed by atoms with Gasteiger partial charge in [-0.2, -0.15) is 0 Å². The Morgan fingerprint density at radius 3 is 2.37 bits per heavy atom. The Hall–Kier alpha value is -3.57. The number of hydrogen-bond donors (Lipinski definition) is 1. The highest BCUT2D eigenvalue weighted by Gasteiger charge is 2.63. The van der Waals surface area contributed by atoms with Gasteiger partial charge in [0, 0.05) is 49.2 Å². The van der Waals surface area contributed by atoms with Crippen LogP contribution in [0.4, 0.5) is 9.18 Å². The van der Waals surface area contributed by atoms with Gasteiger partial charge in [0.25, 0.3) is 5.67 Å². The fraction of sp³-hybridized carbons (Fsp3) is 0.773. The van der Waals surface area contributed by atoms with Crippen LogP contribution >= 0.6 is 0 Å². The second-order valence-corrected chi connectivity index (χ2v) is 18.6. The summed E-state index contributed by atoms with van der Waals surface area (Å²) in [6.45, 7) is 17.1. The molecule has 0 aromatic carbocycles. The first-order valence-corrected chi connectivity index (χ1v) is 21.5. The minimum absolute atomic E-state index is 0.00315. The van der Waals surface area contributed by atoms with Crippen LogP contribution in [-0.4, -0.2) is 140 Å². The van der Waals surface area contributed by atoms with Crippen LogP contribution in [0.15, 0.2) is 24.7 Å². The Morgan fingerprint density at radius 1 is 1.07 bits per heavy atom. The van der Waals surface area contributed by atoms with E-state index in [9.17, 15) is 24.3 Å². The summed E-state index contributed by atoms with van der Waals surface area (Å²) < 4.78 is 50.0. The minimum Gasteiger partial charge on any atom is -0.455 e. The van der Waals surface area contributed by atoms with Gasteiger partial charge in [0.1, 0.15) is 23.5 Å². The van der Waals surface area contributed by atoms with Gasteiger partial charge in [-0.15, -0.1) is 0 Å². The molecule has 3 aliphatic rings. The number of aliphatic hydroxyl groups excluding tert-OH is 1. The number of pyridine rings is 1. The molecule has 0 bridgehead atoms. The van der Waals surface area contributed by atoms with Crippen molar-refractivity contribution in [2.45, 2.75) is 173 Å². The van der Waals surface area contributed by atoms with E-state index in [0.29, 0.717) is 19.3 Å².